The molecule has 1 aromatic carbocycles. The van der Waals surface area contributed by atoms with E-state index in [1.165, 1.54) is 0 Å². The Balaban J connectivity index is 1.74. The van der Waals surface area contributed by atoms with E-state index >= 15 is 0 Å². The van der Waals surface area contributed by atoms with Crippen molar-refractivity contribution < 1.29 is 13.2 Å². The molecule has 8 nitrogen and oxygen atoms in total. The van der Waals surface area contributed by atoms with E-state index in [2.05, 4.69) is 20.5 Å². The lowest BCUT2D eigenvalue weighted by atomic mass is 10.2. The van der Waals surface area contributed by atoms with Crippen LogP contribution in [0.5, 0.6) is 5.75 Å². The number of rotatable bonds is 7. The summed E-state index contributed by atoms with van der Waals surface area (Å²) in [5, 5.41) is 11.3. The number of nitrogens with one attached hydrogen (secondary N) is 1. The number of anilines is 3. The molecule has 9 heteroatoms. The van der Waals surface area contributed by atoms with Crippen LogP contribution in [-0.4, -0.2) is 54.3 Å². The predicted octanol–water partition coefficient (Wildman–Crippen LogP) is 2.03. The zero-order valence-electron chi connectivity index (χ0n) is 14.9. The third kappa shape index (κ3) is 4.40. The van der Waals surface area contributed by atoms with Gasteiger partial charge in [-0.25, -0.2) is 8.42 Å². The fourth-order valence-corrected chi connectivity index (χ4v) is 4.74. The molecule has 0 amide bonds. The molecule has 0 saturated carbocycles. The van der Waals surface area contributed by atoms with Crippen molar-refractivity contribution in [1.82, 2.24) is 15.2 Å². The van der Waals surface area contributed by atoms with Gasteiger partial charge in [0.05, 0.1) is 24.3 Å². The molecule has 3 rings (SSSR count). The van der Waals surface area contributed by atoms with Crippen molar-refractivity contribution in [2.75, 3.05) is 34.9 Å². The third-order valence-electron chi connectivity index (χ3n) is 4.23. The van der Waals surface area contributed by atoms with Gasteiger partial charge in [-0.05, 0) is 44.5 Å². The molecule has 2 aromatic rings. The molecule has 0 bridgehead atoms. The Morgan fingerprint density at radius 2 is 2.04 bits per heavy atom. The van der Waals surface area contributed by atoms with Crippen molar-refractivity contribution in [2.24, 2.45) is 0 Å². The van der Waals surface area contributed by atoms with Crippen LogP contribution in [0, 0.1) is 0 Å². The summed E-state index contributed by atoms with van der Waals surface area (Å²) in [7, 11) is -2.97. The Morgan fingerprint density at radius 3 is 2.65 bits per heavy atom. The monoisotopic (exact) mass is 377 g/mol. The van der Waals surface area contributed by atoms with Gasteiger partial charge in [0.15, 0.2) is 15.7 Å². The summed E-state index contributed by atoms with van der Waals surface area (Å²) in [6, 6.07) is 7.45. The summed E-state index contributed by atoms with van der Waals surface area (Å²) >= 11 is 0. The maximum atomic E-state index is 11.8. The Kier molecular flexibility index (Phi) is 5.55. The fraction of sp³-hybridized carbons (Fsp3) is 0.471. The van der Waals surface area contributed by atoms with E-state index in [-0.39, 0.29) is 17.5 Å². The Morgan fingerprint density at radius 1 is 1.27 bits per heavy atom. The minimum atomic E-state index is -2.97. The molecule has 1 saturated heterocycles. The summed E-state index contributed by atoms with van der Waals surface area (Å²) < 4.78 is 29.0. The zero-order valence-corrected chi connectivity index (χ0v) is 15.7. The standard InChI is InChI=1S/C17H23N5O3S/c1-3-22(14-9-10-26(23,24)12-14)17-20-16(11-18-21-17)19-13-5-7-15(8-6-13)25-4-2/h5-8,11,14H,3-4,9-10,12H2,1-2H3,(H,19,20,21). The van der Waals surface area contributed by atoms with Crippen molar-refractivity contribution in [2.45, 2.75) is 26.3 Å². The van der Waals surface area contributed by atoms with E-state index in [4.69, 9.17) is 4.74 Å². The van der Waals surface area contributed by atoms with Gasteiger partial charge in [0.25, 0.3) is 0 Å². The van der Waals surface area contributed by atoms with Crippen LogP contribution in [0.4, 0.5) is 17.5 Å². The number of nitrogens with zero attached hydrogens (tertiary/aromatic N) is 4. The molecule has 2 heterocycles. The summed E-state index contributed by atoms with van der Waals surface area (Å²) in [5.41, 5.74) is 0.853. The minimum absolute atomic E-state index is 0.104. The van der Waals surface area contributed by atoms with Gasteiger partial charge in [0.2, 0.25) is 5.95 Å². The molecular weight excluding hydrogens is 354 g/mol. The summed E-state index contributed by atoms with van der Waals surface area (Å²) in [6.07, 6.45) is 2.13. The molecule has 0 spiro atoms. The van der Waals surface area contributed by atoms with Crippen LogP contribution in [0.3, 0.4) is 0 Å². The van der Waals surface area contributed by atoms with Crippen molar-refractivity contribution in [3.05, 3.63) is 30.5 Å². The first kappa shape index (κ1) is 18.4. The Labute approximate surface area is 153 Å². The van der Waals surface area contributed by atoms with E-state index in [0.29, 0.717) is 31.3 Å². The summed E-state index contributed by atoms with van der Waals surface area (Å²) in [4.78, 5) is 6.41. The second kappa shape index (κ2) is 7.86. The fourth-order valence-electron chi connectivity index (χ4n) is 3.01. The molecule has 1 aliphatic heterocycles. The number of hydrogen-bond donors (Lipinski definition) is 1. The smallest absolute Gasteiger partial charge is 0.247 e. The Hall–Kier alpha value is -2.42. The molecule has 1 aromatic heterocycles. The molecule has 1 atom stereocenters. The van der Waals surface area contributed by atoms with Crippen molar-refractivity contribution >= 4 is 27.3 Å². The highest BCUT2D eigenvalue weighted by Crippen LogP contribution is 2.23. The molecule has 26 heavy (non-hydrogen) atoms. The van der Waals surface area contributed by atoms with Crippen LogP contribution >= 0.6 is 0 Å². The largest absolute Gasteiger partial charge is 0.494 e. The number of benzene rings is 1. The normalized spacial score (nSPS) is 18.5. The van der Waals surface area contributed by atoms with Gasteiger partial charge in [0, 0.05) is 18.3 Å². The maximum absolute atomic E-state index is 11.8. The number of sulfone groups is 1. The summed E-state index contributed by atoms with van der Waals surface area (Å²) in [5.74, 6) is 2.15. The number of hydrogen-bond acceptors (Lipinski definition) is 8. The van der Waals surface area contributed by atoms with Crippen molar-refractivity contribution in [3.8, 4) is 5.75 Å². The molecule has 1 unspecified atom stereocenters. The topological polar surface area (TPSA) is 97.3 Å². The SMILES string of the molecule is CCOc1ccc(Nc2cnnc(N(CC)C3CCS(=O)(=O)C3)n2)cc1. The average molecular weight is 377 g/mol. The van der Waals surface area contributed by atoms with Crippen LogP contribution in [-0.2, 0) is 9.84 Å². The second-order valence-corrected chi connectivity index (χ2v) is 8.30. The zero-order chi connectivity index (χ0) is 18.6. The second-order valence-electron chi connectivity index (χ2n) is 6.07. The van der Waals surface area contributed by atoms with E-state index in [1.807, 2.05) is 43.0 Å². The molecule has 0 aliphatic carbocycles. The van der Waals surface area contributed by atoms with Crippen LogP contribution in [0.15, 0.2) is 30.5 Å². The number of aromatic nitrogens is 3. The lowest BCUT2D eigenvalue weighted by molar-refractivity contribution is 0.340. The molecule has 1 aliphatic rings. The van der Waals surface area contributed by atoms with Crippen LogP contribution in [0.1, 0.15) is 20.3 Å². The Bertz CT molecular complexity index is 842. The average Bonchev–Trinajstić information content (AvgIpc) is 2.98. The third-order valence-corrected chi connectivity index (χ3v) is 5.98. The van der Waals surface area contributed by atoms with Crippen LogP contribution < -0.4 is 15.0 Å². The van der Waals surface area contributed by atoms with Gasteiger partial charge in [-0.15, -0.1) is 5.10 Å². The molecule has 1 N–H and O–H groups in total. The first-order valence-corrected chi connectivity index (χ1v) is 10.5. The highest BCUT2D eigenvalue weighted by Gasteiger charge is 2.33. The van der Waals surface area contributed by atoms with Crippen molar-refractivity contribution in [3.63, 3.8) is 0 Å². The van der Waals surface area contributed by atoms with E-state index in [0.717, 1.165) is 11.4 Å². The highest BCUT2D eigenvalue weighted by molar-refractivity contribution is 7.91. The lowest BCUT2D eigenvalue weighted by Crippen LogP contribution is -2.37. The van der Waals surface area contributed by atoms with Crippen LogP contribution in [0.25, 0.3) is 0 Å². The van der Waals surface area contributed by atoms with E-state index in [1.54, 1.807) is 6.20 Å². The highest BCUT2D eigenvalue weighted by atomic mass is 32.2. The van der Waals surface area contributed by atoms with Gasteiger partial charge in [-0.2, -0.15) is 10.1 Å². The minimum Gasteiger partial charge on any atom is -0.494 e. The van der Waals surface area contributed by atoms with Crippen molar-refractivity contribution in [1.29, 1.82) is 0 Å². The lowest BCUT2D eigenvalue weighted by Gasteiger charge is -2.26. The van der Waals surface area contributed by atoms with Gasteiger partial charge in [-0.3, -0.25) is 0 Å². The first-order valence-electron chi connectivity index (χ1n) is 8.67. The van der Waals surface area contributed by atoms with Gasteiger partial charge >= 0.3 is 0 Å². The maximum Gasteiger partial charge on any atom is 0.247 e. The van der Waals surface area contributed by atoms with Gasteiger partial charge in [0.1, 0.15) is 5.75 Å². The quantitative estimate of drug-likeness (QED) is 0.783. The predicted molar refractivity (Wildman–Crippen MR) is 101 cm³/mol. The van der Waals surface area contributed by atoms with Crippen LogP contribution in [0.2, 0.25) is 0 Å². The van der Waals surface area contributed by atoms with Gasteiger partial charge < -0.3 is 15.0 Å². The van der Waals surface area contributed by atoms with E-state index < -0.39 is 9.84 Å². The molecule has 0 radical (unpaired) electrons. The summed E-state index contributed by atoms with van der Waals surface area (Å²) in [6.45, 7) is 5.14. The number of ether oxygens (including phenoxy) is 1. The van der Waals surface area contributed by atoms with Gasteiger partial charge in [-0.1, -0.05) is 0 Å². The molecule has 1 fully saturated rings. The molecular formula is C17H23N5O3S. The van der Waals surface area contributed by atoms with E-state index in [9.17, 15) is 8.42 Å². The first-order chi connectivity index (χ1) is 12.5. The molecule has 140 valence electrons.